The van der Waals surface area contributed by atoms with Crippen molar-refractivity contribution < 1.29 is 0 Å². The molecule has 2 aromatic heterocycles. The molecular formula is C24H14Cl2IN3O. The van der Waals surface area contributed by atoms with Crippen LogP contribution in [0.2, 0.25) is 10.0 Å². The van der Waals surface area contributed by atoms with Crippen molar-refractivity contribution in [2.45, 2.75) is 0 Å². The fourth-order valence-corrected chi connectivity index (χ4v) is 4.56. The molecule has 31 heavy (non-hydrogen) atoms. The van der Waals surface area contributed by atoms with Crippen LogP contribution in [0.5, 0.6) is 0 Å². The van der Waals surface area contributed by atoms with Crippen LogP contribution >= 0.6 is 45.8 Å². The van der Waals surface area contributed by atoms with E-state index < -0.39 is 0 Å². The second-order valence-corrected chi connectivity index (χ2v) is 9.08. The van der Waals surface area contributed by atoms with E-state index in [0.717, 1.165) is 20.0 Å². The number of halogens is 3. The van der Waals surface area contributed by atoms with Crippen LogP contribution < -0.4 is 5.56 Å². The number of fused-ring (bicyclic) bond motifs is 2. The highest BCUT2D eigenvalue weighted by Crippen LogP contribution is 2.26. The van der Waals surface area contributed by atoms with Crippen molar-refractivity contribution in [3.8, 4) is 5.69 Å². The summed E-state index contributed by atoms with van der Waals surface area (Å²) in [5.74, 6) is 0.480. The molecule has 152 valence electrons. The summed E-state index contributed by atoms with van der Waals surface area (Å²) in [5.41, 5.74) is 3.02. The van der Waals surface area contributed by atoms with Gasteiger partial charge in [0, 0.05) is 25.7 Å². The first-order chi connectivity index (χ1) is 15.0. The van der Waals surface area contributed by atoms with Gasteiger partial charge in [0.2, 0.25) is 0 Å². The van der Waals surface area contributed by atoms with Gasteiger partial charge in [0.05, 0.1) is 21.6 Å². The molecule has 4 nitrogen and oxygen atoms in total. The van der Waals surface area contributed by atoms with Crippen molar-refractivity contribution in [2.24, 2.45) is 0 Å². The smallest absolute Gasteiger partial charge is 0.266 e. The molecule has 0 amide bonds. The Morgan fingerprint density at radius 2 is 1.81 bits per heavy atom. The summed E-state index contributed by atoms with van der Waals surface area (Å²) in [5, 5.41) is 2.50. The number of H-pyrrole nitrogens is 1. The third-order valence-electron chi connectivity index (χ3n) is 5.04. The topological polar surface area (TPSA) is 50.7 Å². The van der Waals surface area contributed by atoms with Crippen LogP contribution in [-0.4, -0.2) is 14.5 Å². The zero-order valence-corrected chi connectivity index (χ0v) is 19.6. The van der Waals surface area contributed by atoms with E-state index in [0.29, 0.717) is 32.5 Å². The highest BCUT2D eigenvalue weighted by molar-refractivity contribution is 14.1. The molecule has 0 unspecified atom stereocenters. The van der Waals surface area contributed by atoms with Gasteiger partial charge in [0.25, 0.3) is 5.56 Å². The van der Waals surface area contributed by atoms with Gasteiger partial charge in [-0.1, -0.05) is 41.4 Å². The molecule has 0 saturated heterocycles. The van der Waals surface area contributed by atoms with Gasteiger partial charge in [-0.25, -0.2) is 4.98 Å². The molecule has 1 N–H and O–H groups in total. The Kier molecular flexibility index (Phi) is 5.33. The molecule has 0 radical (unpaired) electrons. The van der Waals surface area contributed by atoms with Gasteiger partial charge < -0.3 is 4.98 Å². The third-order valence-corrected chi connectivity index (χ3v) is 6.25. The molecular weight excluding hydrogens is 544 g/mol. The Hall–Kier alpha value is -2.61. The van der Waals surface area contributed by atoms with Crippen molar-refractivity contribution in [3.63, 3.8) is 0 Å². The van der Waals surface area contributed by atoms with E-state index in [1.807, 2.05) is 60.8 Å². The first-order valence-electron chi connectivity index (χ1n) is 9.43. The minimum atomic E-state index is -0.189. The number of hydrogen-bond acceptors (Lipinski definition) is 2. The predicted molar refractivity (Wildman–Crippen MR) is 137 cm³/mol. The average molecular weight is 558 g/mol. The van der Waals surface area contributed by atoms with Crippen molar-refractivity contribution in [2.75, 3.05) is 0 Å². The molecule has 7 heteroatoms. The molecule has 0 atom stereocenters. The number of rotatable bonds is 3. The van der Waals surface area contributed by atoms with Crippen LogP contribution in [0.15, 0.2) is 71.7 Å². The normalized spacial score (nSPS) is 11.7. The summed E-state index contributed by atoms with van der Waals surface area (Å²) in [6.45, 7) is 0. The van der Waals surface area contributed by atoms with Gasteiger partial charge in [0.1, 0.15) is 5.82 Å². The maximum atomic E-state index is 13.5. The fraction of sp³-hybridized carbons (Fsp3) is 0. The van der Waals surface area contributed by atoms with Crippen molar-refractivity contribution in [3.05, 3.63) is 102 Å². The number of aromatic amines is 1. The van der Waals surface area contributed by atoms with Gasteiger partial charge >= 0.3 is 0 Å². The SMILES string of the molecule is O=c1c2cc(I)ccc2nc(/C=C/c2c[nH]c3ccccc23)n1-c1ccc(Cl)cc1Cl. The molecule has 0 saturated carbocycles. The van der Waals surface area contributed by atoms with E-state index in [9.17, 15) is 4.79 Å². The number of nitrogens with zero attached hydrogens (tertiary/aromatic N) is 2. The lowest BCUT2D eigenvalue weighted by Gasteiger charge is -2.13. The Bertz CT molecular complexity index is 1550. The van der Waals surface area contributed by atoms with Crippen LogP contribution in [0.4, 0.5) is 0 Å². The van der Waals surface area contributed by atoms with Gasteiger partial charge in [0.15, 0.2) is 0 Å². The van der Waals surface area contributed by atoms with Crippen LogP contribution in [0.1, 0.15) is 11.4 Å². The Balaban J connectivity index is 1.76. The number of para-hydroxylation sites is 1. The Morgan fingerprint density at radius 3 is 2.65 bits per heavy atom. The first-order valence-corrected chi connectivity index (χ1v) is 11.3. The minimum absolute atomic E-state index is 0.189. The lowest BCUT2D eigenvalue weighted by Crippen LogP contribution is -2.22. The number of hydrogen-bond donors (Lipinski definition) is 1. The number of aromatic nitrogens is 3. The summed E-state index contributed by atoms with van der Waals surface area (Å²) in [7, 11) is 0. The van der Waals surface area contributed by atoms with Gasteiger partial charge in [-0.15, -0.1) is 0 Å². The van der Waals surface area contributed by atoms with Gasteiger partial charge in [-0.2, -0.15) is 0 Å². The molecule has 0 aliphatic heterocycles. The van der Waals surface area contributed by atoms with E-state index in [2.05, 4.69) is 27.6 Å². The summed E-state index contributed by atoms with van der Waals surface area (Å²) < 4.78 is 2.49. The van der Waals surface area contributed by atoms with E-state index in [-0.39, 0.29) is 5.56 Å². The molecule has 0 bridgehead atoms. The zero-order chi connectivity index (χ0) is 21.5. The largest absolute Gasteiger partial charge is 0.361 e. The van der Waals surface area contributed by atoms with E-state index >= 15 is 0 Å². The summed E-state index contributed by atoms with van der Waals surface area (Å²) in [6.07, 6.45) is 5.71. The average Bonchev–Trinajstić information content (AvgIpc) is 3.17. The van der Waals surface area contributed by atoms with Gasteiger partial charge in [-0.3, -0.25) is 9.36 Å². The predicted octanol–water partition coefficient (Wildman–Crippen LogP) is 6.95. The molecule has 5 aromatic rings. The molecule has 5 rings (SSSR count). The molecule has 2 heterocycles. The lowest BCUT2D eigenvalue weighted by molar-refractivity contribution is 0.944. The molecule has 0 spiro atoms. The maximum Gasteiger partial charge on any atom is 0.266 e. The molecule has 0 aliphatic carbocycles. The molecule has 0 fully saturated rings. The van der Waals surface area contributed by atoms with Crippen molar-refractivity contribution in [1.82, 2.24) is 14.5 Å². The van der Waals surface area contributed by atoms with E-state index in [1.54, 1.807) is 18.2 Å². The quantitative estimate of drug-likeness (QED) is 0.244. The second kappa shape index (κ2) is 8.15. The highest BCUT2D eigenvalue weighted by Gasteiger charge is 2.14. The fourth-order valence-electron chi connectivity index (χ4n) is 3.58. The standard InChI is InChI=1S/C24H14Cl2IN3O/c25-15-6-9-22(19(26)11-15)30-23(29-21-8-7-16(27)12-18(21)24(30)31)10-5-14-13-28-20-4-2-1-3-17(14)20/h1-13,28H/b10-5+. The van der Waals surface area contributed by atoms with Crippen molar-refractivity contribution in [1.29, 1.82) is 0 Å². The first kappa shape index (κ1) is 20.3. The zero-order valence-electron chi connectivity index (χ0n) is 15.9. The van der Waals surface area contributed by atoms with E-state index in [4.69, 9.17) is 28.2 Å². The summed E-state index contributed by atoms with van der Waals surface area (Å²) in [4.78, 5) is 21.5. The third kappa shape index (κ3) is 3.78. The summed E-state index contributed by atoms with van der Waals surface area (Å²) >= 11 is 14.7. The van der Waals surface area contributed by atoms with Crippen LogP contribution in [-0.2, 0) is 0 Å². The highest BCUT2D eigenvalue weighted by atomic mass is 127. The van der Waals surface area contributed by atoms with Gasteiger partial charge in [-0.05, 0) is 82.8 Å². The molecule has 0 aliphatic rings. The number of nitrogens with one attached hydrogen (secondary N) is 1. The van der Waals surface area contributed by atoms with Crippen LogP contribution in [0.3, 0.4) is 0 Å². The monoisotopic (exact) mass is 557 g/mol. The maximum absolute atomic E-state index is 13.5. The summed E-state index contributed by atoms with van der Waals surface area (Å²) in [6, 6.07) is 18.7. The lowest BCUT2D eigenvalue weighted by atomic mass is 10.1. The van der Waals surface area contributed by atoms with Crippen molar-refractivity contribution >= 4 is 79.8 Å². The number of benzene rings is 3. The second-order valence-electron chi connectivity index (χ2n) is 6.99. The van der Waals surface area contributed by atoms with Crippen LogP contribution in [0, 0.1) is 3.57 Å². The Labute approximate surface area is 201 Å². The molecule has 3 aromatic carbocycles. The minimum Gasteiger partial charge on any atom is -0.361 e. The Morgan fingerprint density at radius 1 is 0.968 bits per heavy atom. The van der Waals surface area contributed by atoms with Crippen LogP contribution in [0.25, 0.3) is 39.6 Å². The van der Waals surface area contributed by atoms with E-state index in [1.165, 1.54) is 4.57 Å².